The second kappa shape index (κ2) is 7.73. The summed E-state index contributed by atoms with van der Waals surface area (Å²) < 4.78 is 40.5. The molecule has 0 spiro atoms. The van der Waals surface area contributed by atoms with Crippen LogP contribution >= 0.6 is 11.6 Å². The van der Waals surface area contributed by atoms with Crippen molar-refractivity contribution in [2.45, 2.75) is 17.7 Å². The lowest BCUT2D eigenvalue weighted by Gasteiger charge is -2.30. The quantitative estimate of drug-likeness (QED) is 0.859. The molecule has 0 saturated carbocycles. The molecule has 0 bridgehead atoms. The number of nitrogens with zero attached hydrogens (tertiary/aromatic N) is 1. The number of hydrogen-bond acceptors (Lipinski definition) is 3. The number of nitrogens with one attached hydrogen (secondary N) is 1. The van der Waals surface area contributed by atoms with Crippen LogP contribution in [-0.2, 0) is 14.8 Å². The third-order valence-electron chi connectivity index (χ3n) is 4.38. The summed E-state index contributed by atoms with van der Waals surface area (Å²) in [5.41, 5.74) is 0.704. The van der Waals surface area contributed by atoms with Crippen molar-refractivity contribution in [2.75, 3.05) is 18.4 Å². The van der Waals surface area contributed by atoms with Gasteiger partial charge in [0.15, 0.2) is 0 Å². The molecule has 1 amide bonds. The van der Waals surface area contributed by atoms with E-state index in [1.807, 2.05) is 18.2 Å². The molecule has 1 aliphatic heterocycles. The van der Waals surface area contributed by atoms with Gasteiger partial charge in [-0.3, -0.25) is 4.79 Å². The Morgan fingerprint density at radius 2 is 1.77 bits per heavy atom. The lowest BCUT2D eigenvalue weighted by atomic mass is 9.97. The number of carbonyl (C=O) groups is 1. The topological polar surface area (TPSA) is 66.5 Å². The Hall–Kier alpha value is -1.96. The van der Waals surface area contributed by atoms with Crippen LogP contribution in [-0.4, -0.2) is 31.7 Å². The third-order valence-corrected chi connectivity index (χ3v) is 6.54. The van der Waals surface area contributed by atoms with E-state index in [1.54, 1.807) is 12.1 Å². The summed E-state index contributed by atoms with van der Waals surface area (Å²) in [6.07, 6.45) is 0.764. The monoisotopic (exact) mass is 396 g/mol. The number of para-hydroxylation sites is 1. The Balaban J connectivity index is 1.65. The van der Waals surface area contributed by atoms with Gasteiger partial charge in [0.1, 0.15) is 10.7 Å². The van der Waals surface area contributed by atoms with Gasteiger partial charge >= 0.3 is 0 Å². The molecule has 0 unspecified atom stereocenters. The van der Waals surface area contributed by atoms with E-state index >= 15 is 0 Å². The maximum atomic E-state index is 14.0. The molecule has 0 radical (unpaired) electrons. The fourth-order valence-electron chi connectivity index (χ4n) is 2.95. The summed E-state index contributed by atoms with van der Waals surface area (Å²) in [5.74, 6) is -1.29. The molecule has 2 aromatic rings. The molecule has 1 saturated heterocycles. The first kappa shape index (κ1) is 18.8. The lowest BCUT2D eigenvalue weighted by molar-refractivity contribution is -0.120. The highest BCUT2D eigenvalue weighted by Crippen LogP contribution is 2.27. The molecule has 1 N–H and O–H groups in total. The average Bonchev–Trinajstić information content (AvgIpc) is 2.62. The second-order valence-corrected chi connectivity index (χ2v) is 8.45. The first-order valence-electron chi connectivity index (χ1n) is 8.19. The molecule has 1 aliphatic rings. The predicted molar refractivity (Wildman–Crippen MR) is 98.0 cm³/mol. The van der Waals surface area contributed by atoms with Gasteiger partial charge in [0.2, 0.25) is 15.9 Å². The smallest absolute Gasteiger partial charge is 0.245 e. The van der Waals surface area contributed by atoms with Gasteiger partial charge in [0, 0.05) is 29.7 Å². The Labute approximate surface area is 156 Å². The minimum atomic E-state index is -3.95. The number of halogens is 2. The van der Waals surface area contributed by atoms with E-state index in [9.17, 15) is 17.6 Å². The van der Waals surface area contributed by atoms with Crippen molar-refractivity contribution in [3.63, 3.8) is 0 Å². The summed E-state index contributed by atoms with van der Waals surface area (Å²) in [4.78, 5) is 11.9. The predicted octanol–water partition coefficient (Wildman–Crippen LogP) is 3.52. The Bertz CT molecular complexity index is 898. The summed E-state index contributed by atoms with van der Waals surface area (Å²) in [6.45, 7) is 0.328. The van der Waals surface area contributed by atoms with E-state index in [1.165, 1.54) is 16.4 Å². The zero-order valence-electron chi connectivity index (χ0n) is 13.9. The summed E-state index contributed by atoms with van der Waals surface area (Å²) >= 11 is 5.68. The largest absolute Gasteiger partial charge is 0.326 e. The molecular formula is C18H18ClFN2O3S. The highest BCUT2D eigenvalue weighted by Gasteiger charge is 2.33. The molecular weight excluding hydrogens is 379 g/mol. The van der Waals surface area contributed by atoms with E-state index in [2.05, 4.69) is 5.32 Å². The van der Waals surface area contributed by atoms with Crippen LogP contribution in [0.3, 0.4) is 0 Å². The van der Waals surface area contributed by atoms with Crippen molar-refractivity contribution < 1.29 is 17.6 Å². The fourth-order valence-corrected chi connectivity index (χ4v) is 4.62. The highest BCUT2D eigenvalue weighted by atomic mass is 35.5. The van der Waals surface area contributed by atoms with Crippen LogP contribution in [0.25, 0.3) is 0 Å². The fraction of sp³-hybridized carbons (Fsp3) is 0.278. The zero-order valence-corrected chi connectivity index (χ0v) is 15.4. The molecule has 0 atom stereocenters. The number of piperidine rings is 1. The summed E-state index contributed by atoms with van der Waals surface area (Å²) in [6, 6.07) is 12.6. The number of amides is 1. The SMILES string of the molecule is O=C(Nc1ccccc1)C1CCN(S(=O)(=O)c2ccc(Cl)cc2F)CC1. The van der Waals surface area contributed by atoms with E-state index < -0.39 is 20.7 Å². The van der Waals surface area contributed by atoms with Crippen LogP contribution in [0.5, 0.6) is 0 Å². The van der Waals surface area contributed by atoms with E-state index in [0.29, 0.717) is 18.5 Å². The van der Waals surface area contributed by atoms with E-state index in [-0.39, 0.29) is 29.9 Å². The van der Waals surface area contributed by atoms with Crippen LogP contribution in [0.4, 0.5) is 10.1 Å². The molecule has 8 heteroatoms. The van der Waals surface area contributed by atoms with Crippen LogP contribution in [0.1, 0.15) is 12.8 Å². The minimum Gasteiger partial charge on any atom is -0.326 e. The summed E-state index contributed by atoms with van der Waals surface area (Å²) in [5, 5.41) is 2.97. The zero-order chi connectivity index (χ0) is 18.7. The molecule has 2 aromatic carbocycles. The van der Waals surface area contributed by atoms with Gasteiger partial charge in [-0.2, -0.15) is 4.31 Å². The van der Waals surface area contributed by atoms with Crippen molar-refractivity contribution in [3.8, 4) is 0 Å². The first-order chi connectivity index (χ1) is 12.4. The minimum absolute atomic E-state index is 0.133. The van der Waals surface area contributed by atoms with Gasteiger partial charge in [0.25, 0.3) is 0 Å². The number of benzene rings is 2. The highest BCUT2D eigenvalue weighted by molar-refractivity contribution is 7.89. The number of rotatable bonds is 4. The molecule has 138 valence electrons. The van der Waals surface area contributed by atoms with E-state index in [0.717, 1.165) is 6.07 Å². The molecule has 1 fully saturated rings. The second-order valence-electron chi connectivity index (χ2n) is 6.11. The van der Waals surface area contributed by atoms with Crippen molar-refractivity contribution in [1.82, 2.24) is 4.31 Å². The molecule has 1 heterocycles. The number of anilines is 1. The van der Waals surface area contributed by atoms with Crippen molar-refractivity contribution in [3.05, 3.63) is 59.4 Å². The first-order valence-corrected chi connectivity index (χ1v) is 10.0. The van der Waals surface area contributed by atoms with Gasteiger partial charge in [-0.05, 0) is 43.2 Å². The van der Waals surface area contributed by atoms with E-state index in [4.69, 9.17) is 11.6 Å². The van der Waals surface area contributed by atoms with Crippen LogP contribution in [0, 0.1) is 11.7 Å². The number of sulfonamides is 1. The number of carbonyl (C=O) groups excluding carboxylic acids is 1. The Kier molecular flexibility index (Phi) is 5.60. The van der Waals surface area contributed by atoms with Crippen LogP contribution in [0.15, 0.2) is 53.4 Å². The molecule has 26 heavy (non-hydrogen) atoms. The summed E-state index contributed by atoms with van der Waals surface area (Å²) in [7, 11) is -3.95. The van der Waals surface area contributed by atoms with Gasteiger partial charge in [0.05, 0.1) is 0 Å². The molecule has 0 aromatic heterocycles. The van der Waals surface area contributed by atoms with Gasteiger partial charge in [-0.25, -0.2) is 12.8 Å². The molecule has 5 nitrogen and oxygen atoms in total. The van der Waals surface area contributed by atoms with Crippen molar-refractivity contribution in [1.29, 1.82) is 0 Å². The van der Waals surface area contributed by atoms with Gasteiger partial charge < -0.3 is 5.32 Å². The lowest BCUT2D eigenvalue weighted by Crippen LogP contribution is -2.41. The molecule has 0 aliphatic carbocycles. The maximum Gasteiger partial charge on any atom is 0.245 e. The number of hydrogen-bond donors (Lipinski definition) is 1. The standard InChI is InChI=1S/C18H18ClFN2O3S/c19-14-6-7-17(16(20)12-14)26(24,25)22-10-8-13(9-11-22)18(23)21-15-4-2-1-3-5-15/h1-7,12-13H,8-11H2,(H,21,23). The molecule has 3 rings (SSSR count). The van der Waals surface area contributed by atoms with Crippen molar-refractivity contribution >= 4 is 33.2 Å². The Morgan fingerprint density at radius 3 is 2.38 bits per heavy atom. The van der Waals surface area contributed by atoms with Gasteiger partial charge in [-0.1, -0.05) is 29.8 Å². The Morgan fingerprint density at radius 1 is 1.12 bits per heavy atom. The van der Waals surface area contributed by atoms with Crippen LogP contribution in [0.2, 0.25) is 5.02 Å². The van der Waals surface area contributed by atoms with Crippen LogP contribution < -0.4 is 5.32 Å². The van der Waals surface area contributed by atoms with Gasteiger partial charge in [-0.15, -0.1) is 0 Å². The van der Waals surface area contributed by atoms with Crippen molar-refractivity contribution in [2.24, 2.45) is 5.92 Å². The third kappa shape index (κ3) is 4.06. The maximum absolute atomic E-state index is 14.0. The normalized spacial score (nSPS) is 16.4. The average molecular weight is 397 g/mol.